The van der Waals surface area contributed by atoms with Gasteiger partial charge in [0, 0.05) is 26.1 Å². The van der Waals surface area contributed by atoms with Gasteiger partial charge in [-0.25, -0.2) is 0 Å². The Morgan fingerprint density at radius 3 is 2.33 bits per heavy atom. The fourth-order valence-corrected chi connectivity index (χ4v) is 2.42. The second-order valence-electron chi connectivity index (χ2n) is 5.29. The fraction of sp³-hybridized carbons (Fsp3) is 0.500. The lowest BCUT2D eigenvalue weighted by atomic mass is 10.2. The number of nitrogens with two attached hydrogens (primary N) is 2. The molecule has 7 nitrogen and oxygen atoms in total. The minimum absolute atomic E-state index is 0.160. The van der Waals surface area contributed by atoms with Gasteiger partial charge in [-0.1, -0.05) is 25.4 Å². The third-order valence-electron chi connectivity index (χ3n) is 3.65. The Morgan fingerprint density at radius 2 is 1.83 bits per heavy atom. The summed E-state index contributed by atoms with van der Waals surface area (Å²) in [4.78, 5) is 26.8. The highest BCUT2D eigenvalue weighted by molar-refractivity contribution is 6.33. The van der Waals surface area contributed by atoms with Crippen molar-refractivity contribution in [3.05, 3.63) is 17.2 Å². The molecule has 1 aromatic rings. The van der Waals surface area contributed by atoms with Crippen molar-refractivity contribution in [3.63, 3.8) is 0 Å². The molecule has 0 saturated carbocycles. The smallest absolute Gasteiger partial charge is 0.255 e. The Balaban J connectivity index is 3.13. The van der Waals surface area contributed by atoms with Gasteiger partial charge < -0.3 is 26.0 Å². The summed E-state index contributed by atoms with van der Waals surface area (Å²) in [6, 6.07) is 3.06. The summed E-state index contributed by atoms with van der Waals surface area (Å²) < 4.78 is 5.40. The number of benzene rings is 1. The molecule has 0 saturated heterocycles. The number of nitrogens with zero attached hydrogens (tertiary/aromatic N) is 2. The zero-order valence-corrected chi connectivity index (χ0v) is 15.1. The van der Waals surface area contributed by atoms with Gasteiger partial charge in [0.05, 0.1) is 16.4 Å². The molecule has 0 bridgehead atoms. The van der Waals surface area contributed by atoms with Crippen LogP contribution in [0.15, 0.2) is 12.1 Å². The molecule has 0 aliphatic carbocycles. The predicted octanol–water partition coefficient (Wildman–Crippen LogP) is 1.48. The highest BCUT2D eigenvalue weighted by atomic mass is 35.5. The van der Waals surface area contributed by atoms with Crippen LogP contribution >= 0.6 is 11.6 Å². The highest BCUT2D eigenvalue weighted by Crippen LogP contribution is 2.35. The van der Waals surface area contributed by atoms with E-state index in [1.807, 2.05) is 0 Å². The maximum absolute atomic E-state index is 12.1. The van der Waals surface area contributed by atoms with E-state index in [0.717, 1.165) is 13.1 Å². The van der Waals surface area contributed by atoms with Crippen LogP contribution in [0.1, 0.15) is 20.8 Å². The Morgan fingerprint density at radius 1 is 1.21 bits per heavy atom. The molecule has 8 heteroatoms. The van der Waals surface area contributed by atoms with Crippen molar-refractivity contribution >= 4 is 34.8 Å². The van der Waals surface area contributed by atoms with Crippen LogP contribution in [0.25, 0.3) is 0 Å². The number of ether oxygens (including phenoxy) is 1. The van der Waals surface area contributed by atoms with E-state index in [9.17, 15) is 9.59 Å². The third kappa shape index (κ3) is 5.58. The fourth-order valence-electron chi connectivity index (χ4n) is 2.26. The molecule has 24 heavy (non-hydrogen) atoms. The summed E-state index contributed by atoms with van der Waals surface area (Å²) in [6.07, 6.45) is 0. The molecule has 0 aliphatic heterocycles. The lowest BCUT2D eigenvalue weighted by molar-refractivity contribution is -0.120. The molecule has 4 N–H and O–H groups in total. The van der Waals surface area contributed by atoms with Gasteiger partial charge in [0.15, 0.2) is 6.61 Å². The van der Waals surface area contributed by atoms with E-state index in [-0.39, 0.29) is 12.5 Å². The lowest BCUT2D eigenvalue weighted by Gasteiger charge is -2.27. The Labute approximate surface area is 147 Å². The number of carbonyl (C=O) groups excluding carboxylic acids is 2. The number of carbonyl (C=O) groups is 2. The summed E-state index contributed by atoms with van der Waals surface area (Å²) in [5.74, 6) is -0.482. The zero-order chi connectivity index (χ0) is 18.3. The van der Waals surface area contributed by atoms with Crippen LogP contribution in [0.2, 0.25) is 5.02 Å². The van der Waals surface area contributed by atoms with Crippen LogP contribution < -0.4 is 21.1 Å². The average Bonchev–Trinajstić information content (AvgIpc) is 2.52. The monoisotopic (exact) mass is 356 g/mol. The maximum atomic E-state index is 12.1. The third-order valence-corrected chi connectivity index (χ3v) is 3.98. The van der Waals surface area contributed by atoms with Gasteiger partial charge in [-0.3, -0.25) is 9.59 Å². The lowest BCUT2D eigenvalue weighted by Crippen LogP contribution is -2.38. The van der Waals surface area contributed by atoms with Gasteiger partial charge in [-0.05, 0) is 19.2 Å². The molecular weight excluding hydrogens is 332 g/mol. The van der Waals surface area contributed by atoms with Crippen molar-refractivity contribution < 1.29 is 14.3 Å². The van der Waals surface area contributed by atoms with E-state index < -0.39 is 5.91 Å². The van der Waals surface area contributed by atoms with Gasteiger partial charge in [0.25, 0.3) is 5.91 Å². The van der Waals surface area contributed by atoms with Crippen LogP contribution in [0.4, 0.5) is 11.4 Å². The van der Waals surface area contributed by atoms with E-state index in [0.29, 0.717) is 35.2 Å². The summed E-state index contributed by atoms with van der Waals surface area (Å²) in [5, 5.41) is 0.311. The molecule has 0 atom stereocenters. The SMILES string of the molecule is CCN(CC)CCN(C(C)=O)c1cc(Cl)c(N)cc1OCC(N)=O. The van der Waals surface area contributed by atoms with E-state index in [2.05, 4.69) is 18.7 Å². The number of anilines is 2. The summed E-state index contributed by atoms with van der Waals surface area (Å²) >= 11 is 6.09. The number of likely N-dealkylation sites (N-methyl/N-ethyl adjacent to an activating group) is 1. The van der Waals surface area contributed by atoms with Crippen molar-refractivity contribution in [1.29, 1.82) is 0 Å². The number of nitrogen functional groups attached to an aromatic ring is 1. The number of hydrogen-bond acceptors (Lipinski definition) is 5. The second-order valence-corrected chi connectivity index (χ2v) is 5.70. The van der Waals surface area contributed by atoms with Crippen LogP contribution in [0.3, 0.4) is 0 Å². The topological polar surface area (TPSA) is 102 Å². The number of rotatable bonds is 9. The van der Waals surface area contributed by atoms with Crippen molar-refractivity contribution in [2.45, 2.75) is 20.8 Å². The molecule has 0 aromatic heterocycles. The number of amides is 2. The first kappa shape index (κ1) is 20.1. The van der Waals surface area contributed by atoms with Crippen LogP contribution in [0, 0.1) is 0 Å². The maximum Gasteiger partial charge on any atom is 0.255 e. The van der Waals surface area contributed by atoms with Gasteiger partial charge in [0.1, 0.15) is 5.75 Å². The van der Waals surface area contributed by atoms with Gasteiger partial charge in [-0.2, -0.15) is 0 Å². The molecular formula is C16H25ClN4O3. The molecule has 0 spiro atoms. The molecule has 0 aliphatic rings. The second kappa shape index (κ2) is 9.34. The predicted molar refractivity (Wildman–Crippen MR) is 96.4 cm³/mol. The normalized spacial score (nSPS) is 10.7. The minimum atomic E-state index is -0.619. The highest BCUT2D eigenvalue weighted by Gasteiger charge is 2.19. The summed E-state index contributed by atoms with van der Waals surface area (Å²) in [6.45, 7) is 8.20. The molecule has 0 heterocycles. The van der Waals surface area contributed by atoms with Crippen LogP contribution in [-0.4, -0.2) is 49.5 Å². The molecule has 1 aromatic carbocycles. The van der Waals surface area contributed by atoms with Gasteiger partial charge >= 0.3 is 0 Å². The summed E-state index contributed by atoms with van der Waals surface area (Å²) in [5.41, 5.74) is 11.7. The molecule has 2 amide bonds. The van der Waals surface area contributed by atoms with E-state index in [4.69, 9.17) is 27.8 Å². The van der Waals surface area contributed by atoms with Gasteiger partial charge in [0.2, 0.25) is 5.91 Å². The average molecular weight is 357 g/mol. The standard InChI is InChI=1S/C16H25ClN4O3/c1-4-20(5-2)6-7-21(11(3)22)14-8-12(17)13(18)9-15(14)24-10-16(19)23/h8-9H,4-7,10,18H2,1-3H3,(H2,19,23). The number of halogens is 1. The van der Waals surface area contributed by atoms with Crippen molar-refractivity contribution in [2.24, 2.45) is 5.73 Å². The molecule has 134 valence electrons. The first-order valence-corrected chi connectivity index (χ1v) is 8.18. The van der Waals surface area contributed by atoms with Crippen LogP contribution in [-0.2, 0) is 9.59 Å². The zero-order valence-electron chi connectivity index (χ0n) is 14.3. The van der Waals surface area contributed by atoms with Crippen molar-refractivity contribution in [2.75, 3.05) is 43.4 Å². The molecule has 0 fully saturated rings. The molecule has 0 radical (unpaired) electrons. The quantitative estimate of drug-likeness (QED) is 0.652. The first-order valence-electron chi connectivity index (χ1n) is 7.80. The first-order chi connectivity index (χ1) is 11.3. The van der Waals surface area contributed by atoms with E-state index in [1.165, 1.54) is 13.0 Å². The molecule has 0 unspecified atom stereocenters. The van der Waals surface area contributed by atoms with Gasteiger partial charge in [-0.15, -0.1) is 0 Å². The van der Waals surface area contributed by atoms with Crippen LogP contribution in [0.5, 0.6) is 5.75 Å². The Kier molecular flexibility index (Phi) is 7.81. The van der Waals surface area contributed by atoms with Crippen molar-refractivity contribution in [3.8, 4) is 5.75 Å². The summed E-state index contributed by atoms with van der Waals surface area (Å²) in [7, 11) is 0. The van der Waals surface area contributed by atoms with E-state index >= 15 is 0 Å². The van der Waals surface area contributed by atoms with E-state index in [1.54, 1.807) is 11.0 Å². The van der Waals surface area contributed by atoms with Crippen molar-refractivity contribution in [1.82, 2.24) is 4.90 Å². The molecule has 1 rings (SSSR count). The largest absolute Gasteiger partial charge is 0.482 e. The number of hydrogen-bond donors (Lipinski definition) is 2. The Hall–Kier alpha value is -1.99. The number of primary amides is 1. The Bertz CT molecular complexity index is 591. The minimum Gasteiger partial charge on any atom is -0.482 e.